The molecule has 0 spiro atoms. The average molecular weight is 422 g/mol. The Kier molecular flexibility index (Phi) is 5.60. The van der Waals surface area contributed by atoms with Gasteiger partial charge in [0.25, 0.3) is 0 Å². The molecule has 4 rings (SSSR count). The number of rotatable bonds is 7. The van der Waals surface area contributed by atoms with Crippen molar-refractivity contribution in [2.24, 2.45) is 11.6 Å². The topological polar surface area (TPSA) is 91.0 Å². The lowest BCUT2D eigenvalue weighted by molar-refractivity contribution is 0.351. The highest BCUT2D eigenvalue weighted by Crippen LogP contribution is 2.30. The van der Waals surface area contributed by atoms with Gasteiger partial charge in [-0.3, -0.25) is 4.40 Å². The lowest BCUT2D eigenvalue weighted by Crippen LogP contribution is -2.26. The first kappa shape index (κ1) is 19.8. The highest BCUT2D eigenvalue weighted by Gasteiger charge is 2.17. The van der Waals surface area contributed by atoms with Gasteiger partial charge in [-0.05, 0) is 17.7 Å². The minimum atomic E-state index is 0.452. The average Bonchev–Trinajstić information content (AvgIpc) is 3.35. The molecule has 2 heterocycles. The van der Waals surface area contributed by atoms with Crippen LogP contribution >= 0.6 is 11.3 Å². The molecule has 0 atom stereocenters. The molecule has 0 radical (unpaired) electrons. The molecule has 0 saturated heterocycles. The van der Waals surface area contributed by atoms with Gasteiger partial charge in [0.2, 0.25) is 0 Å². The van der Waals surface area contributed by atoms with Gasteiger partial charge in [-0.25, -0.2) is 10.8 Å². The van der Waals surface area contributed by atoms with Crippen molar-refractivity contribution in [1.82, 2.24) is 14.4 Å². The van der Waals surface area contributed by atoms with Crippen molar-refractivity contribution < 1.29 is 9.47 Å². The van der Waals surface area contributed by atoms with Gasteiger partial charge in [0.1, 0.15) is 0 Å². The predicted octanol–water partition coefficient (Wildman–Crippen LogP) is 3.71. The number of methoxy groups -OCH3 is 2. The van der Waals surface area contributed by atoms with E-state index >= 15 is 0 Å². The Morgan fingerprint density at radius 3 is 2.63 bits per heavy atom. The third-order valence-corrected chi connectivity index (χ3v) is 5.46. The van der Waals surface area contributed by atoms with Gasteiger partial charge in [-0.1, -0.05) is 36.4 Å². The summed E-state index contributed by atoms with van der Waals surface area (Å²) in [4.78, 5) is 5.65. The van der Waals surface area contributed by atoms with Gasteiger partial charge < -0.3 is 20.2 Å². The van der Waals surface area contributed by atoms with Crippen LogP contribution in [0.2, 0.25) is 0 Å². The molecule has 0 amide bonds. The molecule has 154 valence electrons. The lowest BCUT2D eigenvalue weighted by Gasteiger charge is -2.17. The Hall–Kier alpha value is -3.49. The summed E-state index contributed by atoms with van der Waals surface area (Å²) in [5.41, 5.74) is 10.6. The summed E-state index contributed by atoms with van der Waals surface area (Å²) in [5.74, 6) is 7.59. The SMILES string of the molecule is COc1ccc(CN(N)/C=C(\N)c2c(-c3ccccc3)nc3sccn23)cc1OC. The number of fused-ring (bicyclic) bond motifs is 1. The summed E-state index contributed by atoms with van der Waals surface area (Å²) in [6.07, 6.45) is 3.69. The van der Waals surface area contributed by atoms with Crippen LogP contribution in [0.5, 0.6) is 11.5 Å². The zero-order valence-corrected chi connectivity index (χ0v) is 17.6. The molecule has 7 nitrogen and oxygen atoms in total. The normalized spacial score (nSPS) is 11.6. The molecule has 2 aromatic heterocycles. The van der Waals surface area contributed by atoms with Gasteiger partial charge >= 0.3 is 0 Å². The number of nitrogens with two attached hydrogens (primary N) is 2. The molecule has 0 aliphatic heterocycles. The van der Waals surface area contributed by atoms with Crippen LogP contribution in [0, 0.1) is 0 Å². The zero-order valence-electron chi connectivity index (χ0n) is 16.8. The molecule has 8 heteroatoms. The summed E-state index contributed by atoms with van der Waals surface area (Å²) in [6, 6.07) is 15.7. The second-order valence-electron chi connectivity index (χ2n) is 6.68. The number of nitrogens with zero attached hydrogens (tertiary/aromatic N) is 3. The van der Waals surface area contributed by atoms with E-state index in [4.69, 9.17) is 26.0 Å². The van der Waals surface area contributed by atoms with Gasteiger partial charge in [0.05, 0.1) is 37.8 Å². The second kappa shape index (κ2) is 8.48. The van der Waals surface area contributed by atoms with Crippen molar-refractivity contribution in [1.29, 1.82) is 0 Å². The van der Waals surface area contributed by atoms with Crippen LogP contribution in [0.15, 0.2) is 66.3 Å². The molecular formula is C22H23N5O2S. The predicted molar refractivity (Wildman–Crippen MR) is 120 cm³/mol. The highest BCUT2D eigenvalue weighted by atomic mass is 32.1. The third kappa shape index (κ3) is 3.83. The van der Waals surface area contributed by atoms with Crippen molar-refractivity contribution in [2.45, 2.75) is 6.54 Å². The fourth-order valence-electron chi connectivity index (χ4n) is 3.33. The Bertz CT molecular complexity index is 1180. The van der Waals surface area contributed by atoms with Crippen LogP contribution in [0.3, 0.4) is 0 Å². The maximum atomic E-state index is 6.50. The third-order valence-electron chi connectivity index (χ3n) is 4.70. The smallest absolute Gasteiger partial charge is 0.194 e. The molecule has 30 heavy (non-hydrogen) atoms. The van der Waals surface area contributed by atoms with Crippen LogP contribution in [0.1, 0.15) is 11.3 Å². The molecule has 0 saturated carbocycles. The van der Waals surface area contributed by atoms with Crippen LogP contribution in [-0.2, 0) is 6.54 Å². The summed E-state index contributed by atoms with van der Waals surface area (Å²) in [5, 5.41) is 3.54. The molecule has 2 aromatic carbocycles. The minimum Gasteiger partial charge on any atom is -0.493 e. The Morgan fingerprint density at radius 1 is 1.13 bits per heavy atom. The maximum absolute atomic E-state index is 6.50. The Morgan fingerprint density at radius 2 is 1.90 bits per heavy atom. The van der Waals surface area contributed by atoms with Gasteiger partial charge in [0.15, 0.2) is 16.5 Å². The van der Waals surface area contributed by atoms with E-state index in [-0.39, 0.29) is 0 Å². The number of ether oxygens (including phenoxy) is 2. The number of imidazole rings is 1. The van der Waals surface area contributed by atoms with Crippen LogP contribution in [-0.4, -0.2) is 28.6 Å². The molecular weight excluding hydrogens is 398 g/mol. The lowest BCUT2D eigenvalue weighted by atomic mass is 10.1. The van der Waals surface area contributed by atoms with E-state index in [1.54, 1.807) is 36.8 Å². The molecule has 4 N–H and O–H groups in total. The fraction of sp³-hybridized carbons (Fsp3) is 0.136. The van der Waals surface area contributed by atoms with Crippen LogP contribution < -0.4 is 21.1 Å². The first-order valence-corrected chi connectivity index (χ1v) is 10.2. The van der Waals surface area contributed by atoms with E-state index in [0.717, 1.165) is 27.5 Å². The van der Waals surface area contributed by atoms with E-state index in [1.165, 1.54) is 0 Å². The van der Waals surface area contributed by atoms with Crippen molar-refractivity contribution in [2.75, 3.05) is 14.2 Å². The Balaban J connectivity index is 1.65. The Labute approximate surface area is 178 Å². The van der Waals surface area contributed by atoms with Crippen molar-refractivity contribution in [3.8, 4) is 22.8 Å². The maximum Gasteiger partial charge on any atom is 0.194 e. The van der Waals surface area contributed by atoms with E-state index in [2.05, 4.69) is 0 Å². The monoisotopic (exact) mass is 421 g/mol. The van der Waals surface area contributed by atoms with E-state index < -0.39 is 0 Å². The standard InChI is InChI=1S/C22H23N5O2S/c1-28-18-9-8-15(12-19(18)29-2)13-26(24)14-17(23)21-20(16-6-4-3-5-7-16)25-22-27(21)10-11-30-22/h3-12,14H,13,23-24H2,1-2H3/b17-14-. The van der Waals surface area contributed by atoms with Crippen molar-refractivity contribution in [3.05, 3.63) is 77.6 Å². The van der Waals surface area contributed by atoms with Crippen LogP contribution in [0.25, 0.3) is 21.9 Å². The zero-order chi connectivity index (χ0) is 21.1. The fourth-order valence-corrected chi connectivity index (χ4v) is 4.05. The number of hydrogen-bond acceptors (Lipinski definition) is 7. The summed E-state index contributed by atoms with van der Waals surface area (Å²) in [6.45, 7) is 0.452. The second-order valence-corrected chi connectivity index (χ2v) is 7.55. The number of thiazole rings is 1. The molecule has 4 aromatic rings. The van der Waals surface area contributed by atoms with Crippen LogP contribution in [0.4, 0.5) is 0 Å². The first-order valence-electron chi connectivity index (χ1n) is 9.31. The van der Waals surface area contributed by atoms with E-state index in [9.17, 15) is 0 Å². The largest absolute Gasteiger partial charge is 0.493 e. The first-order chi connectivity index (χ1) is 14.6. The summed E-state index contributed by atoms with van der Waals surface area (Å²) >= 11 is 1.56. The summed E-state index contributed by atoms with van der Waals surface area (Å²) in [7, 11) is 3.22. The van der Waals surface area contributed by atoms with Gasteiger partial charge in [0, 0.05) is 23.3 Å². The van der Waals surface area contributed by atoms with Crippen molar-refractivity contribution >= 4 is 22.0 Å². The molecule has 0 aliphatic carbocycles. The number of hydrazine groups is 1. The number of hydrogen-bond donors (Lipinski definition) is 2. The number of benzene rings is 2. The number of aromatic nitrogens is 2. The van der Waals surface area contributed by atoms with Gasteiger partial charge in [-0.2, -0.15) is 0 Å². The van der Waals surface area contributed by atoms with E-state index in [1.807, 2.05) is 64.5 Å². The summed E-state index contributed by atoms with van der Waals surface area (Å²) < 4.78 is 12.6. The molecule has 0 aliphatic rings. The van der Waals surface area contributed by atoms with Gasteiger partial charge in [-0.15, -0.1) is 11.3 Å². The molecule has 0 unspecified atom stereocenters. The van der Waals surface area contributed by atoms with Crippen molar-refractivity contribution in [3.63, 3.8) is 0 Å². The molecule has 0 bridgehead atoms. The highest BCUT2D eigenvalue weighted by molar-refractivity contribution is 7.15. The minimum absolute atomic E-state index is 0.452. The van der Waals surface area contributed by atoms with E-state index in [0.29, 0.717) is 23.7 Å². The quantitative estimate of drug-likeness (QED) is 0.349. The molecule has 0 fully saturated rings.